The van der Waals surface area contributed by atoms with Crippen LogP contribution in [0, 0.1) is 0 Å². The molecule has 0 unspecified atom stereocenters. The van der Waals surface area contributed by atoms with Gasteiger partial charge in [-0.2, -0.15) is 0 Å². The summed E-state index contributed by atoms with van der Waals surface area (Å²) in [5, 5.41) is 9.54. The fraction of sp³-hybridized carbons (Fsp3) is 0. The highest BCUT2D eigenvalue weighted by Crippen LogP contribution is 2.63. The molecule has 0 aromatic heterocycles. The molecule has 0 radical (unpaired) electrons. The largest absolute Gasteiger partial charge is 0.504 e. The minimum atomic E-state index is 0.274. The Kier molecular flexibility index (Phi) is 0.844. The molecule has 2 nitrogen and oxygen atoms in total. The van der Waals surface area contributed by atoms with Crippen molar-refractivity contribution in [1.82, 2.24) is 0 Å². The Morgan fingerprint density at radius 3 is 2.50 bits per heavy atom. The van der Waals surface area contributed by atoms with E-state index in [1.165, 1.54) is 0 Å². The van der Waals surface area contributed by atoms with Crippen LogP contribution in [-0.2, 0) is 0 Å². The number of hydrogen-bond donors (Lipinski definition) is 1. The molecule has 58 valence electrons. The Hall–Kier alpha value is -1.70. The number of hydrogen-bond acceptors (Lipinski definition) is 2. The molecule has 3 aliphatic rings. The second-order valence-corrected chi connectivity index (χ2v) is 2.85. The number of fused-ring (bicyclic) bond motifs is 3. The Bertz CT molecular complexity index is 434. The van der Waals surface area contributed by atoms with Gasteiger partial charge in [-0.25, -0.2) is 0 Å². The highest BCUT2D eigenvalue weighted by molar-refractivity contribution is 5.92. The lowest BCUT2D eigenvalue weighted by atomic mass is 10.2. The minimum Gasteiger partial charge on any atom is -0.504 e. The van der Waals surface area contributed by atoms with E-state index in [0.29, 0.717) is 5.75 Å². The smallest absolute Gasteiger partial charge is 0.213 e. The third kappa shape index (κ3) is 0.552. The fourth-order valence-electron chi connectivity index (χ4n) is 1.48. The van der Waals surface area contributed by atoms with E-state index < -0.39 is 0 Å². The van der Waals surface area contributed by atoms with Gasteiger partial charge in [0.15, 0.2) is 11.5 Å². The first-order valence-corrected chi connectivity index (χ1v) is 3.79. The average Bonchev–Trinajstić information content (AvgIpc) is 2.84. The number of rotatable bonds is 0. The van der Waals surface area contributed by atoms with E-state index in [9.17, 15) is 5.11 Å². The molecular formula is C10H6O2. The first kappa shape index (κ1) is 5.89. The van der Waals surface area contributed by atoms with Gasteiger partial charge in [-0.05, 0) is 0 Å². The molecule has 3 rings (SSSR count). The van der Waals surface area contributed by atoms with Gasteiger partial charge >= 0.3 is 0 Å². The zero-order chi connectivity index (χ0) is 8.13. The monoisotopic (exact) mass is 158 g/mol. The summed E-state index contributed by atoms with van der Waals surface area (Å²) in [6, 6.07) is 9.60. The van der Waals surface area contributed by atoms with Crippen LogP contribution in [0.5, 0.6) is 17.2 Å². The van der Waals surface area contributed by atoms with Crippen LogP contribution in [0.1, 0.15) is 0 Å². The quantitative estimate of drug-likeness (QED) is 0.510. The maximum absolute atomic E-state index is 9.54. The summed E-state index contributed by atoms with van der Waals surface area (Å²) in [7, 11) is 0. The van der Waals surface area contributed by atoms with Gasteiger partial charge in [0.1, 0.15) is 0 Å². The van der Waals surface area contributed by atoms with Gasteiger partial charge in [0, 0.05) is 11.1 Å². The standard InChI is InChI=1S/C10H6O2/c11-8-6-4-2-1-3-5-7(6)9-10(8)12-9/h1-5,11H. The molecule has 0 fully saturated rings. The zero-order valence-corrected chi connectivity index (χ0v) is 6.24. The molecule has 1 N–H and O–H groups in total. The van der Waals surface area contributed by atoms with E-state index in [2.05, 4.69) is 0 Å². The van der Waals surface area contributed by atoms with E-state index in [0.717, 1.165) is 16.9 Å². The van der Waals surface area contributed by atoms with Gasteiger partial charge in [0.05, 0.1) is 0 Å². The van der Waals surface area contributed by atoms with E-state index in [1.807, 2.05) is 30.3 Å². The van der Waals surface area contributed by atoms with Crippen LogP contribution in [0.2, 0.25) is 0 Å². The molecule has 12 heavy (non-hydrogen) atoms. The van der Waals surface area contributed by atoms with Crippen LogP contribution in [0.25, 0.3) is 11.1 Å². The first-order chi connectivity index (χ1) is 5.88. The van der Waals surface area contributed by atoms with Crippen LogP contribution in [0.3, 0.4) is 0 Å². The normalized spacial score (nSPS) is 12.3. The van der Waals surface area contributed by atoms with Gasteiger partial charge < -0.3 is 9.84 Å². The van der Waals surface area contributed by atoms with E-state index in [4.69, 9.17) is 4.74 Å². The topological polar surface area (TPSA) is 32.8 Å². The van der Waals surface area contributed by atoms with Crippen LogP contribution < -0.4 is 4.74 Å². The molecule has 2 heteroatoms. The summed E-state index contributed by atoms with van der Waals surface area (Å²) < 4.78 is 5.08. The maximum Gasteiger partial charge on any atom is 0.213 e. The van der Waals surface area contributed by atoms with Crippen molar-refractivity contribution >= 4 is 0 Å². The lowest BCUT2D eigenvalue weighted by molar-refractivity contribution is 0.463. The summed E-state index contributed by atoms with van der Waals surface area (Å²) in [5.41, 5.74) is 1.86. The van der Waals surface area contributed by atoms with Crippen molar-refractivity contribution < 1.29 is 9.84 Å². The summed E-state index contributed by atoms with van der Waals surface area (Å²) in [4.78, 5) is 0. The van der Waals surface area contributed by atoms with Gasteiger partial charge in [-0.1, -0.05) is 30.3 Å². The molecule has 1 heterocycles. The van der Waals surface area contributed by atoms with Crippen molar-refractivity contribution in [3.63, 3.8) is 0 Å². The van der Waals surface area contributed by atoms with Crippen molar-refractivity contribution in [3.8, 4) is 28.4 Å². The predicted molar refractivity (Wildman–Crippen MR) is 44.8 cm³/mol. The van der Waals surface area contributed by atoms with Gasteiger partial charge in [-0.15, -0.1) is 0 Å². The molecule has 0 spiro atoms. The SMILES string of the molecule is Oc1c2cccccc-2c2c1O2. The Morgan fingerprint density at radius 2 is 1.67 bits per heavy atom. The molecule has 0 aromatic carbocycles. The third-order valence-corrected chi connectivity index (χ3v) is 2.12. The van der Waals surface area contributed by atoms with Gasteiger partial charge in [0.25, 0.3) is 0 Å². The van der Waals surface area contributed by atoms with Crippen molar-refractivity contribution in [2.24, 2.45) is 0 Å². The fourth-order valence-corrected chi connectivity index (χ4v) is 1.48. The molecule has 0 saturated carbocycles. The summed E-state index contributed by atoms with van der Waals surface area (Å²) in [6.45, 7) is 0. The van der Waals surface area contributed by atoms with Gasteiger partial charge in [0.2, 0.25) is 5.75 Å². The second-order valence-electron chi connectivity index (χ2n) is 2.85. The number of aromatic hydroxyl groups is 1. The van der Waals surface area contributed by atoms with Crippen molar-refractivity contribution in [3.05, 3.63) is 30.3 Å². The summed E-state index contributed by atoms with van der Waals surface area (Å²) in [6.07, 6.45) is 0. The Morgan fingerprint density at radius 1 is 0.917 bits per heavy atom. The molecule has 0 aromatic rings. The first-order valence-electron chi connectivity index (χ1n) is 3.79. The molecule has 0 atom stereocenters. The molecule has 0 bridgehead atoms. The van der Waals surface area contributed by atoms with Crippen LogP contribution in [0.4, 0.5) is 0 Å². The zero-order valence-electron chi connectivity index (χ0n) is 6.24. The molecule has 0 amide bonds. The van der Waals surface area contributed by atoms with Crippen LogP contribution >= 0.6 is 0 Å². The average molecular weight is 158 g/mol. The van der Waals surface area contributed by atoms with Crippen LogP contribution in [-0.4, -0.2) is 5.11 Å². The summed E-state index contributed by atoms with van der Waals surface area (Å²) >= 11 is 0. The molecule has 2 aliphatic carbocycles. The van der Waals surface area contributed by atoms with E-state index >= 15 is 0 Å². The minimum absolute atomic E-state index is 0.274. The van der Waals surface area contributed by atoms with Gasteiger partial charge in [-0.3, -0.25) is 0 Å². The highest BCUT2D eigenvalue weighted by atomic mass is 16.6. The maximum atomic E-state index is 9.54. The van der Waals surface area contributed by atoms with Crippen molar-refractivity contribution in [2.75, 3.05) is 0 Å². The van der Waals surface area contributed by atoms with Crippen molar-refractivity contribution in [1.29, 1.82) is 0 Å². The predicted octanol–water partition coefficient (Wildman–Crippen LogP) is 2.60. The molecule has 0 saturated heterocycles. The lowest BCUT2D eigenvalue weighted by Gasteiger charge is -1.94. The molecule has 1 aliphatic heterocycles. The third-order valence-electron chi connectivity index (χ3n) is 2.12. The summed E-state index contributed by atoms with van der Waals surface area (Å²) in [5.74, 6) is 1.76. The lowest BCUT2D eigenvalue weighted by Crippen LogP contribution is -1.70. The van der Waals surface area contributed by atoms with Crippen LogP contribution in [0.15, 0.2) is 30.3 Å². The second kappa shape index (κ2) is 1.72. The van der Waals surface area contributed by atoms with Crippen molar-refractivity contribution in [2.45, 2.75) is 0 Å². The van der Waals surface area contributed by atoms with E-state index in [1.54, 1.807) is 0 Å². The number of ether oxygens (including phenoxy) is 1. The molecular weight excluding hydrogens is 152 g/mol. The Labute approximate surface area is 69.4 Å². The Balaban J connectivity index is 2.45. The van der Waals surface area contributed by atoms with E-state index in [-0.39, 0.29) is 5.75 Å². The highest BCUT2D eigenvalue weighted by Gasteiger charge is 2.35.